The van der Waals surface area contributed by atoms with Crippen molar-refractivity contribution in [1.29, 1.82) is 0 Å². The lowest BCUT2D eigenvalue weighted by molar-refractivity contribution is -0.272. The lowest BCUT2D eigenvalue weighted by Gasteiger charge is -2.42. The zero-order valence-corrected chi connectivity index (χ0v) is 66.5. The molecule has 3 saturated heterocycles. The van der Waals surface area contributed by atoms with Gasteiger partial charge in [0.05, 0.1) is 85.9 Å². The molecule has 21 N–H and O–H groups in total. The number of rotatable bonds is 61. The van der Waals surface area contributed by atoms with Crippen molar-refractivity contribution in [2.45, 2.75) is 247 Å². The number of hydrogen-bond acceptors (Lipinski definition) is 31. The van der Waals surface area contributed by atoms with E-state index in [2.05, 4.69) is 58.5 Å². The van der Waals surface area contributed by atoms with E-state index in [1.165, 1.54) is 20.8 Å². The zero-order valence-electron chi connectivity index (χ0n) is 65.6. The van der Waals surface area contributed by atoms with Gasteiger partial charge >= 0.3 is 7.60 Å². The minimum Gasteiger partial charge on any atom is -0.394 e. The maximum absolute atomic E-state index is 14.3. The van der Waals surface area contributed by atoms with E-state index in [1.807, 2.05) is 0 Å². The van der Waals surface area contributed by atoms with Crippen LogP contribution in [-0.2, 0) is 104 Å². The first-order chi connectivity index (χ1) is 54.4. The summed E-state index contributed by atoms with van der Waals surface area (Å²) in [7, 11) is -3.64. The Morgan fingerprint density at radius 2 is 0.658 bits per heavy atom. The number of carbonyl (C=O) groups excluding carboxylic acids is 11. The molecule has 43 nitrogen and oxygen atoms in total. The highest BCUT2D eigenvalue weighted by Gasteiger charge is 2.48. The monoisotopic (exact) mass is 1660 g/mol. The molecule has 3 aliphatic rings. The van der Waals surface area contributed by atoms with Crippen LogP contribution in [0.1, 0.15) is 143 Å². The Hall–Kier alpha value is -6.40. The van der Waals surface area contributed by atoms with E-state index in [0.29, 0.717) is 44.9 Å². The Labute approximate surface area is 662 Å². The first kappa shape index (κ1) is 102. The number of nitrogens with one attached hydrogen (secondary N) is 11. The van der Waals surface area contributed by atoms with Crippen LogP contribution in [0.15, 0.2) is 0 Å². The van der Waals surface area contributed by atoms with Crippen LogP contribution in [0.4, 0.5) is 0 Å². The summed E-state index contributed by atoms with van der Waals surface area (Å²) in [5.74, 6) is -5.17. The molecular formula is C70H126N11O32P. The maximum atomic E-state index is 14.3. The summed E-state index contributed by atoms with van der Waals surface area (Å²) in [6.45, 7) is 3.78. The van der Waals surface area contributed by atoms with Crippen LogP contribution in [-0.4, -0.2) is 352 Å². The van der Waals surface area contributed by atoms with E-state index in [1.54, 1.807) is 0 Å². The van der Waals surface area contributed by atoms with Gasteiger partial charge in [0.15, 0.2) is 18.9 Å². The minimum atomic E-state index is -3.64. The van der Waals surface area contributed by atoms with Crippen LogP contribution in [0.2, 0.25) is 0 Å². The molecule has 3 fully saturated rings. The third kappa shape index (κ3) is 43.2. The number of ether oxygens (including phenoxy) is 9. The molecule has 0 bridgehead atoms. The fourth-order valence-corrected chi connectivity index (χ4v) is 12.4. The number of hydrogen-bond donors (Lipinski definition) is 21. The van der Waals surface area contributed by atoms with Gasteiger partial charge in [-0.3, -0.25) is 57.3 Å². The summed E-state index contributed by atoms with van der Waals surface area (Å²) in [5.41, 5.74) is 0. The second-order valence-corrected chi connectivity index (χ2v) is 29.4. The Morgan fingerprint density at radius 1 is 0.351 bits per heavy atom. The molecule has 3 rings (SSSR count). The highest BCUT2D eigenvalue weighted by molar-refractivity contribution is 7.51. The normalized spacial score (nSPS) is 24.5. The number of amides is 11. The molecule has 11 amide bonds. The van der Waals surface area contributed by atoms with E-state index in [0.717, 1.165) is 6.66 Å². The topological polar surface area (TPSA) is 632 Å². The summed E-state index contributed by atoms with van der Waals surface area (Å²) >= 11 is 0. The quantitative estimate of drug-likeness (QED) is 0.0199. The molecule has 3 aliphatic heterocycles. The highest BCUT2D eigenvalue weighted by Crippen LogP contribution is 2.36. The van der Waals surface area contributed by atoms with Gasteiger partial charge < -0.3 is 156 Å². The maximum Gasteiger partial charge on any atom is 0.325 e. The third-order valence-corrected chi connectivity index (χ3v) is 18.5. The largest absolute Gasteiger partial charge is 0.394 e. The van der Waals surface area contributed by atoms with E-state index >= 15 is 0 Å². The van der Waals surface area contributed by atoms with Gasteiger partial charge in [-0.15, -0.1) is 0 Å². The van der Waals surface area contributed by atoms with Crippen LogP contribution >= 0.6 is 7.60 Å². The van der Waals surface area contributed by atoms with Crippen molar-refractivity contribution in [2.75, 3.05) is 132 Å². The number of aliphatic hydroxyl groups is 9. The van der Waals surface area contributed by atoms with Gasteiger partial charge in [0.1, 0.15) is 85.1 Å². The SMILES string of the molecule is CC(=O)NC1C(OCCOCCNC(=O)CCCC(=O)NCCCC[C@H](NC(=O)CCCC(=O)NCCOCCOC2OC(CO)C(O)C(O)C2NC(C)=O)C(=O)N[C@@H](CCCCNC(=O)CCCC(=O)NCCOCCOC2OC(CO)C(O)C(O)C2NC(C)=O)C(=O)NCCCCCCOP(C)(=O)O)OC(CO)C(O)C1O. The predicted octanol–water partition coefficient (Wildman–Crippen LogP) is -7.17. The molecule has 658 valence electrons. The number of unbranched alkanes of at least 4 members (excludes halogenated alkanes) is 5. The molecule has 0 spiro atoms. The van der Waals surface area contributed by atoms with Crippen molar-refractivity contribution in [3.05, 3.63) is 0 Å². The van der Waals surface area contributed by atoms with Gasteiger partial charge in [0.2, 0.25) is 65.0 Å². The molecule has 3 heterocycles. The summed E-state index contributed by atoms with van der Waals surface area (Å²) < 4.78 is 66.3. The van der Waals surface area contributed by atoms with Crippen molar-refractivity contribution in [1.82, 2.24) is 58.5 Å². The summed E-state index contributed by atoms with van der Waals surface area (Å²) in [4.78, 5) is 150. The molecule has 0 aromatic carbocycles. The first-order valence-electron chi connectivity index (χ1n) is 38.8. The molecule has 0 aromatic rings. The Balaban J connectivity index is 1.53. The average Bonchev–Trinajstić information content (AvgIpc) is 0.819. The Kier molecular flexibility index (Phi) is 52.2. The molecule has 18 atom stereocenters. The van der Waals surface area contributed by atoms with Crippen LogP contribution < -0.4 is 58.5 Å². The van der Waals surface area contributed by atoms with Gasteiger partial charge in [-0.05, 0) is 70.6 Å². The van der Waals surface area contributed by atoms with Gasteiger partial charge in [-0.25, -0.2) is 0 Å². The fourth-order valence-electron chi connectivity index (χ4n) is 11.9. The van der Waals surface area contributed by atoms with Crippen LogP contribution in [0, 0.1) is 0 Å². The van der Waals surface area contributed by atoms with Gasteiger partial charge in [0, 0.05) is 105 Å². The molecule has 0 radical (unpaired) electrons. The second-order valence-electron chi connectivity index (χ2n) is 27.6. The highest BCUT2D eigenvalue weighted by atomic mass is 31.2. The Morgan fingerprint density at radius 3 is 0.991 bits per heavy atom. The summed E-state index contributed by atoms with van der Waals surface area (Å²) in [6.07, 6.45) is -12.1. The van der Waals surface area contributed by atoms with Crippen LogP contribution in [0.5, 0.6) is 0 Å². The zero-order chi connectivity index (χ0) is 84.4. The third-order valence-electron chi connectivity index (χ3n) is 17.9. The van der Waals surface area contributed by atoms with Gasteiger partial charge in [0.25, 0.3) is 0 Å². The number of carbonyl (C=O) groups is 11. The van der Waals surface area contributed by atoms with E-state index in [-0.39, 0.29) is 206 Å². The molecule has 44 heteroatoms. The van der Waals surface area contributed by atoms with Crippen molar-refractivity contribution < 1.29 is 155 Å². The van der Waals surface area contributed by atoms with Crippen molar-refractivity contribution in [3.8, 4) is 0 Å². The van der Waals surface area contributed by atoms with Gasteiger partial charge in [-0.2, -0.15) is 0 Å². The van der Waals surface area contributed by atoms with Crippen molar-refractivity contribution >= 4 is 72.6 Å². The molecule has 16 unspecified atom stereocenters. The molecule has 114 heavy (non-hydrogen) atoms. The van der Waals surface area contributed by atoms with Crippen LogP contribution in [0.3, 0.4) is 0 Å². The summed E-state index contributed by atoms with van der Waals surface area (Å²) in [5, 5.41) is 120. The lowest BCUT2D eigenvalue weighted by atomic mass is 9.97. The average molecular weight is 1660 g/mol. The standard InChI is InChI=1S/C70H126N11O32P/c1-43(85)77-57-63(97)60(94)48(40-82)111-68(57)107-37-34-104-31-27-73-53(90)20-13-18-51(88)71-24-10-7-16-46(66(100)76-26-9-5-6-12-30-110-114(4,102)103)81-67(101)47(80-56(93)23-15-22-55(92)75-29-33-106-36-39-109-70-59(79-45(3)87)65(99)62(96)50(42-84)113-70)17-8-11-25-72-52(89)19-14-21-54(91)74-28-32-105-35-38-108-69-58(78-44(2)86)64(98)61(95)49(41-83)112-69/h46-50,57-65,68-70,82-84,94-99H,5-42H2,1-4H3,(H,71,88)(H,72,89)(H,73,90)(H,74,91)(H,75,92)(H,76,100)(H,77,85)(H,78,86)(H,79,87)(H,80,93)(H,81,101)(H,102,103)/t46-,47-,48?,49?,50?,57?,58?,59?,60?,61?,62?,63?,64?,65?,68?,69?,70?/m0/s1. The first-order valence-corrected chi connectivity index (χ1v) is 40.8. The molecule has 0 aromatic heterocycles. The predicted molar refractivity (Wildman–Crippen MR) is 398 cm³/mol. The molecular weight excluding hydrogens is 1540 g/mol. The minimum absolute atomic E-state index is 0.00311. The molecule has 0 aliphatic carbocycles. The Bertz CT molecular complexity index is 2900. The fraction of sp³-hybridized carbons (Fsp3) is 0.843. The molecule has 0 saturated carbocycles. The van der Waals surface area contributed by atoms with E-state index < -0.39 is 173 Å². The van der Waals surface area contributed by atoms with E-state index in [9.17, 15) is 108 Å². The van der Waals surface area contributed by atoms with Gasteiger partial charge in [-0.1, -0.05) is 12.8 Å². The summed E-state index contributed by atoms with van der Waals surface area (Å²) in [6, 6.07) is -5.72. The smallest absolute Gasteiger partial charge is 0.325 e. The number of aliphatic hydroxyl groups excluding tert-OH is 9. The van der Waals surface area contributed by atoms with Crippen molar-refractivity contribution in [2.24, 2.45) is 0 Å². The van der Waals surface area contributed by atoms with E-state index in [4.69, 9.17) is 47.2 Å². The van der Waals surface area contributed by atoms with Crippen LogP contribution in [0.25, 0.3) is 0 Å². The lowest BCUT2D eigenvalue weighted by Crippen LogP contribution is -2.64. The second kappa shape index (κ2) is 58.5. The van der Waals surface area contributed by atoms with Crippen molar-refractivity contribution in [3.63, 3.8) is 0 Å².